The summed E-state index contributed by atoms with van der Waals surface area (Å²) >= 11 is 1.18. The molecule has 2 aromatic rings. The van der Waals surface area contributed by atoms with Crippen molar-refractivity contribution in [3.8, 4) is 0 Å². The monoisotopic (exact) mass is 303 g/mol. The van der Waals surface area contributed by atoms with E-state index in [9.17, 15) is 4.79 Å². The van der Waals surface area contributed by atoms with Crippen molar-refractivity contribution in [3.63, 3.8) is 0 Å². The molecule has 110 valence electrons. The Balaban J connectivity index is 1.54. The maximum Gasteiger partial charge on any atom is 0.284 e. The van der Waals surface area contributed by atoms with Gasteiger partial charge in [-0.2, -0.15) is 4.37 Å². The Bertz CT molecular complexity index is 607. The second-order valence-corrected chi connectivity index (χ2v) is 5.79. The van der Waals surface area contributed by atoms with Crippen molar-refractivity contribution in [1.82, 2.24) is 24.1 Å². The topological polar surface area (TPSA) is 62.2 Å². The summed E-state index contributed by atoms with van der Waals surface area (Å²) in [5.41, 5.74) is 1.07. The Hall–Kier alpha value is -1.86. The van der Waals surface area contributed by atoms with Gasteiger partial charge >= 0.3 is 0 Å². The van der Waals surface area contributed by atoms with Crippen LogP contribution >= 0.6 is 11.5 Å². The van der Waals surface area contributed by atoms with Crippen LogP contribution in [0.15, 0.2) is 24.4 Å². The predicted molar refractivity (Wildman–Crippen MR) is 80.1 cm³/mol. The molecule has 0 atom stereocenters. The molecule has 7 heteroatoms. The van der Waals surface area contributed by atoms with Gasteiger partial charge in [-0.3, -0.25) is 14.7 Å². The highest BCUT2D eigenvalue weighted by Gasteiger charge is 2.24. The maximum absolute atomic E-state index is 12.3. The molecule has 0 saturated carbocycles. The smallest absolute Gasteiger partial charge is 0.284 e. The fraction of sp³-hybridized carbons (Fsp3) is 0.429. The van der Waals surface area contributed by atoms with E-state index in [1.165, 1.54) is 11.5 Å². The van der Waals surface area contributed by atoms with Crippen molar-refractivity contribution in [1.29, 1.82) is 0 Å². The third kappa shape index (κ3) is 3.43. The summed E-state index contributed by atoms with van der Waals surface area (Å²) in [6, 6.07) is 5.95. The van der Waals surface area contributed by atoms with Gasteiger partial charge in [-0.15, -0.1) is 0 Å². The van der Waals surface area contributed by atoms with E-state index >= 15 is 0 Å². The number of carbonyl (C=O) groups is 1. The third-order valence-electron chi connectivity index (χ3n) is 3.48. The molecule has 21 heavy (non-hydrogen) atoms. The average molecular weight is 303 g/mol. The van der Waals surface area contributed by atoms with E-state index in [0.29, 0.717) is 10.8 Å². The molecule has 0 bridgehead atoms. The van der Waals surface area contributed by atoms with Crippen LogP contribution in [0.2, 0.25) is 0 Å². The number of aryl methyl sites for hydroxylation is 1. The van der Waals surface area contributed by atoms with Crippen LogP contribution in [-0.4, -0.2) is 56.2 Å². The second kappa shape index (κ2) is 6.28. The van der Waals surface area contributed by atoms with Gasteiger partial charge in [-0.05, 0) is 30.6 Å². The van der Waals surface area contributed by atoms with E-state index in [-0.39, 0.29) is 5.91 Å². The van der Waals surface area contributed by atoms with Gasteiger partial charge in [0.1, 0.15) is 5.82 Å². The van der Waals surface area contributed by atoms with E-state index in [1.54, 1.807) is 6.92 Å². The van der Waals surface area contributed by atoms with Gasteiger partial charge in [0.15, 0.2) is 0 Å². The Kier molecular flexibility index (Phi) is 4.21. The Morgan fingerprint density at radius 1 is 1.29 bits per heavy atom. The Labute approximate surface area is 127 Å². The SMILES string of the molecule is Cc1nsc(C(=O)N2CCN(Cc3ccccn3)CC2)n1. The standard InChI is InChI=1S/C14H17N5OS/c1-11-16-13(21-17-11)14(20)19-8-6-18(7-9-19)10-12-4-2-3-5-15-12/h2-5H,6-10H2,1H3. The molecule has 1 amide bonds. The summed E-state index contributed by atoms with van der Waals surface area (Å²) in [5.74, 6) is 0.662. The number of aromatic nitrogens is 3. The molecule has 2 aromatic heterocycles. The van der Waals surface area contributed by atoms with Gasteiger partial charge in [0.2, 0.25) is 5.01 Å². The van der Waals surface area contributed by atoms with Crippen molar-refractivity contribution < 1.29 is 4.79 Å². The van der Waals surface area contributed by atoms with E-state index in [2.05, 4.69) is 19.2 Å². The molecule has 1 saturated heterocycles. The first-order valence-electron chi connectivity index (χ1n) is 6.94. The van der Waals surface area contributed by atoms with Crippen LogP contribution in [0.4, 0.5) is 0 Å². The lowest BCUT2D eigenvalue weighted by atomic mass is 10.2. The summed E-state index contributed by atoms with van der Waals surface area (Å²) in [6.07, 6.45) is 1.81. The van der Waals surface area contributed by atoms with Gasteiger partial charge in [0.05, 0.1) is 5.69 Å². The third-order valence-corrected chi connectivity index (χ3v) is 4.28. The number of pyridine rings is 1. The van der Waals surface area contributed by atoms with Crippen LogP contribution in [0, 0.1) is 6.92 Å². The highest BCUT2D eigenvalue weighted by molar-refractivity contribution is 7.07. The molecule has 0 unspecified atom stereocenters. The lowest BCUT2D eigenvalue weighted by Crippen LogP contribution is -2.48. The van der Waals surface area contributed by atoms with Crippen LogP contribution < -0.4 is 0 Å². The zero-order chi connectivity index (χ0) is 14.7. The summed E-state index contributed by atoms with van der Waals surface area (Å²) in [5, 5.41) is 0.491. The van der Waals surface area contributed by atoms with E-state index in [4.69, 9.17) is 0 Å². The molecule has 0 aromatic carbocycles. The van der Waals surface area contributed by atoms with Gasteiger partial charge in [0, 0.05) is 38.9 Å². The molecule has 3 heterocycles. The van der Waals surface area contributed by atoms with Crippen molar-refractivity contribution in [2.24, 2.45) is 0 Å². The minimum Gasteiger partial charge on any atom is -0.334 e. The van der Waals surface area contributed by atoms with Crippen LogP contribution in [-0.2, 0) is 6.54 Å². The van der Waals surface area contributed by atoms with Crippen LogP contribution in [0.3, 0.4) is 0 Å². The normalized spacial score (nSPS) is 16.1. The summed E-state index contributed by atoms with van der Waals surface area (Å²) in [7, 11) is 0. The van der Waals surface area contributed by atoms with Crippen LogP contribution in [0.5, 0.6) is 0 Å². The minimum absolute atomic E-state index is 0.00177. The summed E-state index contributed by atoms with van der Waals surface area (Å²) in [4.78, 5) is 25.0. The molecule has 1 aliphatic rings. The van der Waals surface area contributed by atoms with Gasteiger partial charge in [-0.25, -0.2) is 4.98 Å². The number of hydrogen-bond acceptors (Lipinski definition) is 6. The summed E-state index contributed by atoms with van der Waals surface area (Å²) in [6.45, 7) is 5.81. The number of carbonyl (C=O) groups excluding carboxylic acids is 1. The first-order chi connectivity index (χ1) is 10.2. The quantitative estimate of drug-likeness (QED) is 0.852. The van der Waals surface area contributed by atoms with Gasteiger partial charge in [-0.1, -0.05) is 6.07 Å². The van der Waals surface area contributed by atoms with Crippen molar-refractivity contribution in [2.75, 3.05) is 26.2 Å². The number of piperazine rings is 1. The zero-order valence-electron chi connectivity index (χ0n) is 11.9. The lowest BCUT2D eigenvalue weighted by Gasteiger charge is -2.34. The fourth-order valence-corrected chi connectivity index (χ4v) is 2.99. The van der Waals surface area contributed by atoms with Gasteiger partial charge < -0.3 is 4.90 Å². The van der Waals surface area contributed by atoms with E-state index < -0.39 is 0 Å². The second-order valence-electron chi connectivity index (χ2n) is 5.04. The first-order valence-corrected chi connectivity index (χ1v) is 7.71. The van der Waals surface area contributed by atoms with E-state index in [0.717, 1.165) is 38.4 Å². The first kappa shape index (κ1) is 14.1. The molecular formula is C14H17N5OS. The predicted octanol–water partition coefficient (Wildman–Crippen LogP) is 1.20. The molecule has 1 aliphatic heterocycles. The van der Waals surface area contributed by atoms with Crippen molar-refractivity contribution >= 4 is 17.4 Å². The fourth-order valence-electron chi connectivity index (χ4n) is 2.35. The largest absolute Gasteiger partial charge is 0.334 e. The Morgan fingerprint density at radius 2 is 2.10 bits per heavy atom. The van der Waals surface area contributed by atoms with Crippen LogP contribution in [0.25, 0.3) is 0 Å². The number of amides is 1. The zero-order valence-corrected chi connectivity index (χ0v) is 12.7. The van der Waals surface area contributed by atoms with Gasteiger partial charge in [0.25, 0.3) is 5.91 Å². The molecule has 1 fully saturated rings. The summed E-state index contributed by atoms with van der Waals surface area (Å²) < 4.78 is 4.07. The number of hydrogen-bond donors (Lipinski definition) is 0. The highest BCUT2D eigenvalue weighted by Crippen LogP contribution is 2.12. The number of nitrogens with zero attached hydrogens (tertiary/aromatic N) is 5. The maximum atomic E-state index is 12.3. The highest BCUT2D eigenvalue weighted by atomic mass is 32.1. The van der Waals surface area contributed by atoms with Crippen molar-refractivity contribution in [3.05, 3.63) is 40.9 Å². The Morgan fingerprint density at radius 3 is 2.71 bits per heavy atom. The molecular weight excluding hydrogens is 286 g/mol. The molecule has 0 N–H and O–H groups in total. The van der Waals surface area contributed by atoms with Crippen molar-refractivity contribution in [2.45, 2.75) is 13.5 Å². The molecule has 0 radical (unpaired) electrons. The average Bonchev–Trinajstić information content (AvgIpc) is 2.95. The molecule has 6 nitrogen and oxygen atoms in total. The minimum atomic E-state index is -0.00177. The van der Waals surface area contributed by atoms with E-state index in [1.807, 2.05) is 29.3 Å². The lowest BCUT2D eigenvalue weighted by molar-refractivity contribution is 0.0626. The molecule has 3 rings (SSSR count). The molecule has 0 spiro atoms. The molecule has 0 aliphatic carbocycles. The van der Waals surface area contributed by atoms with Crippen LogP contribution in [0.1, 0.15) is 21.3 Å². The number of rotatable bonds is 3.